The van der Waals surface area contributed by atoms with Crippen molar-refractivity contribution in [1.82, 2.24) is 9.88 Å². The number of nitrogen functional groups attached to an aromatic ring is 1. The predicted octanol–water partition coefficient (Wildman–Crippen LogP) is -0.205. The number of pyridine rings is 1. The first kappa shape index (κ1) is 15.3. The summed E-state index contributed by atoms with van der Waals surface area (Å²) in [6.07, 6.45) is 0. The maximum atomic E-state index is 12.4. The maximum absolute atomic E-state index is 12.4. The van der Waals surface area contributed by atoms with Gasteiger partial charge in [0.25, 0.3) is 17.4 Å². The number of hydrogen-bond acceptors (Lipinski definition) is 7. The van der Waals surface area contributed by atoms with Gasteiger partial charge in [0.15, 0.2) is 0 Å². The van der Waals surface area contributed by atoms with E-state index in [1.54, 1.807) is 0 Å². The Bertz CT molecular complexity index is 976. The van der Waals surface area contributed by atoms with Gasteiger partial charge in [-0.1, -0.05) is 6.07 Å². The van der Waals surface area contributed by atoms with Crippen LogP contribution in [0.5, 0.6) is 5.75 Å². The number of esters is 1. The van der Waals surface area contributed by atoms with Gasteiger partial charge >= 0.3 is 5.97 Å². The van der Waals surface area contributed by atoms with Crippen LogP contribution in [-0.4, -0.2) is 34.6 Å². The minimum absolute atomic E-state index is 0.0701. The quantitative estimate of drug-likeness (QED) is 0.511. The van der Waals surface area contributed by atoms with Crippen LogP contribution >= 0.6 is 0 Å². The summed E-state index contributed by atoms with van der Waals surface area (Å²) in [5.41, 5.74) is 4.48. The molecule has 9 heteroatoms. The van der Waals surface area contributed by atoms with E-state index in [9.17, 15) is 24.3 Å². The third-order valence-electron chi connectivity index (χ3n) is 3.60. The van der Waals surface area contributed by atoms with Crippen LogP contribution in [0.15, 0.2) is 29.1 Å². The van der Waals surface area contributed by atoms with E-state index in [1.165, 1.54) is 18.2 Å². The van der Waals surface area contributed by atoms with Crippen molar-refractivity contribution in [2.24, 2.45) is 0 Å². The van der Waals surface area contributed by atoms with Gasteiger partial charge in [-0.25, -0.2) is 4.79 Å². The Balaban J connectivity index is 2.38. The van der Waals surface area contributed by atoms with Crippen LogP contribution in [0.2, 0.25) is 0 Å². The second kappa shape index (κ2) is 5.23. The number of nitrogens with two attached hydrogens (primary N) is 1. The molecule has 1 aromatic heterocycles. The van der Waals surface area contributed by atoms with Crippen molar-refractivity contribution in [2.75, 3.05) is 12.8 Å². The van der Waals surface area contributed by atoms with E-state index in [4.69, 9.17) is 5.73 Å². The molecule has 4 N–H and O–H groups in total. The number of imide groups is 1. The Labute approximate surface area is 134 Å². The van der Waals surface area contributed by atoms with Crippen molar-refractivity contribution in [2.45, 2.75) is 0 Å². The van der Waals surface area contributed by atoms with E-state index in [2.05, 4.69) is 4.74 Å². The summed E-state index contributed by atoms with van der Waals surface area (Å²) >= 11 is 0. The average Bonchev–Trinajstić information content (AvgIpc) is 2.81. The number of methoxy groups -OCH3 is 1. The lowest BCUT2D eigenvalue weighted by Gasteiger charge is -2.15. The summed E-state index contributed by atoms with van der Waals surface area (Å²) in [4.78, 5) is 47.8. The summed E-state index contributed by atoms with van der Waals surface area (Å²) < 4.78 is 5.47. The number of benzene rings is 1. The molecule has 1 aromatic carbocycles. The highest BCUT2D eigenvalue weighted by molar-refractivity contribution is 6.23. The van der Waals surface area contributed by atoms with E-state index >= 15 is 0 Å². The summed E-state index contributed by atoms with van der Waals surface area (Å²) in [6.45, 7) is 0. The monoisotopic (exact) mass is 329 g/mol. The fraction of sp³-hybridized carbons (Fsp3) is 0.0667. The van der Waals surface area contributed by atoms with Gasteiger partial charge < -0.3 is 15.6 Å². The SMILES string of the molecule is COC(=O)c1c(O)cccc1-n1c(N)c2c(cc1=O)C(=O)NC2=O. The highest BCUT2D eigenvalue weighted by Crippen LogP contribution is 2.28. The molecule has 0 bridgehead atoms. The van der Waals surface area contributed by atoms with Crippen molar-refractivity contribution in [1.29, 1.82) is 0 Å². The predicted molar refractivity (Wildman–Crippen MR) is 81.3 cm³/mol. The number of nitrogens with zero attached hydrogens (tertiary/aromatic N) is 1. The maximum Gasteiger partial charge on any atom is 0.343 e. The second-order valence-corrected chi connectivity index (χ2v) is 4.94. The molecule has 0 radical (unpaired) electrons. The third-order valence-corrected chi connectivity index (χ3v) is 3.60. The van der Waals surface area contributed by atoms with Gasteiger partial charge in [0, 0.05) is 6.07 Å². The summed E-state index contributed by atoms with van der Waals surface area (Å²) in [6, 6.07) is 4.92. The molecule has 2 aromatic rings. The number of rotatable bonds is 2. The lowest BCUT2D eigenvalue weighted by Crippen LogP contribution is -2.25. The van der Waals surface area contributed by atoms with Crippen LogP contribution in [0.4, 0.5) is 5.82 Å². The minimum Gasteiger partial charge on any atom is -0.507 e. The van der Waals surface area contributed by atoms with Gasteiger partial charge in [0.2, 0.25) is 0 Å². The van der Waals surface area contributed by atoms with E-state index in [0.717, 1.165) is 17.7 Å². The summed E-state index contributed by atoms with van der Waals surface area (Å²) in [5.74, 6) is -3.12. The molecule has 0 saturated carbocycles. The fourth-order valence-electron chi connectivity index (χ4n) is 2.55. The molecular formula is C15H11N3O6. The number of hydrogen-bond donors (Lipinski definition) is 3. The van der Waals surface area contributed by atoms with Gasteiger partial charge in [-0.05, 0) is 12.1 Å². The number of carbonyl (C=O) groups excluding carboxylic acids is 3. The molecule has 0 unspecified atom stereocenters. The molecule has 2 amide bonds. The molecule has 0 spiro atoms. The average molecular weight is 329 g/mol. The zero-order valence-corrected chi connectivity index (χ0v) is 12.3. The number of phenolic OH excluding ortho intramolecular Hbond substituents is 1. The molecule has 0 aliphatic carbocycles. The highest BCUT2D eigenvalue weighted by Gasteiger charge is 2.32. The Kier molecular flexibility index (Phi) is 3.33. The van der Waals surface area contributed by atoms with E-state index < -0.39 is 29.1 Å². The van der Waals surface area contributed by atoms with Crippen LogP contribution in [0.3, 0.4) is 0 Å². The van der Waals surface area contributed by atoms with E-state index in [-0.39, 0.29) is 28.2 Å². The number of nitrogens with one attached hydrogen (secondary N) is 1. The molecular weight excluding hydrogens is 318 g/mol. The van der Waals surface area contributed by atoms with E-state index in [1.807, 2.05) is 5.32 Å². The van der Waals surface area contributed by atoms with Crippen LogP contribution in [-0.2, 0) is 4.74 Å². The van der Waals surface area contributed by atoms with Crippen LogP contribution in [0, 0.1) is 0 Å². The molecule has 24 heavy (non-hydrogen) atoms. The largest absolute Gasteiger partial charge is 0.507 e. The smallest absolute Gasteiger partial charge is 0.343 e. The molecule has 1 aliphatic heterocycles. The standard InChI is InChI=1S/C15H11N3O6/c1-24-15(23)11-7(3-2-4-8(11)19)18-9(20)5-6-10(12(18)16)14(22)17-13(6)21/h2-5,19H,16H2,1H3,(H,17,21,22). The van der Waals surface area contributed by atoms with Crippen molar-refractivity contribution in [3.8, 4) is 11.4 Å². The van der Waals surface area contributed by atoms with Gasteiger partial charge in [-0.3, -0.25) is 24.3 Å². The molecule has 2 heterocycles. The van der Waals surface area contributed by atoms with Crippen molar-refractivity contribution >= 4 is 23.6 Å². The number of fused-ring (bicyclic) bond motifs is 1. The first-order chi connectivity index (χ1) is 11.4. The number of phenols is 1. The number of amides is 2. The first-order valence-corrected chi connectivity index (χ1v) is 6.68. The summed E-state index contributed by atoms with van der Waals surface area (Å²) in [5, 5.41) is 12.0. The lowest BCUT2D eigenvalue weighted by molar-refractivity contribution is 0.0597. The Morgan fingerprint density at radius 3 is 2.62 bits per heavy atom. The molecule has 0 atom stereocenters. The van der Waals surface area contributed by atoms with Gasteiger partial charge in [-0.2, -0.15) is 0 Å². The first-order valence-electron chi connectivity index (χ1n) is 6.68. The van der Waals surface area contributed by atoms with Gasteiger partial charge in [0.05, 0.1) is 23.9 Å². The molecule has 122 valence electrons. The van der Waals surface area contributed by atoms with Crippen molar-refractivity contribution in [3.63, 3.8) is 0 Å². The Morgan fingerprint density at radius 2 is 1.96 bits per heavy atom. The number of aromatic nitrogens is 1. The van der Waals surface area contributed by atoms with Crippen LogP contribution in [0.25, 0.3) is 5.69 Å². The fourth-order valence-corrected chi connectivity index (χ4v) is 2.55. The Hall–Kier alpha value is -3.62. The molecule has 3 rings (SSSR count). The minimum atomic E-state index is -0.893. The number of anilines is 1. The highest BCUT2D eigenvalue weighted by atomic mass is 16.5. The lowest BCUT2D eigenvalue weighted by atomic mass is 10.1. The van der Waals surface area contributed by atoms with Crippen molar-refractivity contribution in [3.05, 3.63) is 51.3 Å². The zero-order valence-electron chi connectivity index (χ0n) is 12.3. The van der Waals surface area contributed by atoms with Crippen LogP contribution in [0.1, 0.15) is 31.1 Å². The van der Waals surface area contributed by atoms with E-state index in [0.29, 0.717) is 0 Å². The molecule has 0 saturated heterocycles. The molecule has 0 fully saturated rings. The summed E-state index contributed by atoms with van der Waals surface area (Å²) in [7, 11) is 1.11. The second-order valence-electron chi connectivity index (χ2n) is 4.94. The molecule has 9 nitrogen and oxygen atoms in total. The third kappa shape index (κ3) is 2.02. The van der Waals surface area contributed by atoms with Gasteiger partial charge in [-0.15, -0.1) is 0 Å². The topological polar surface area (TPSA) is 141 Å². The zero-order chi connectivity index (χ0) is 17.6. The number of carbonyl (C=O) groups is 3. The van der Waals surface area contributed by atoms with Crippen LogP contribution < -0.4 is 16.6 Å². The van der Waals surface area contributed by atoms with Crippen molar-refractivity contribution < 1.29 is 24.2 Å². The Morgan fingerprint density at radius 1 is 1.25 bits per heavy atom. The number of ether oxygens (including phenoxy) is 1. The normalized spacial score (nSPS) is 12.7. The van der Waals surface area contributed by atoms with Gasteiger partial charge in [0.1, 0.15) is 17.1 Å². The molecule has 1 aliphatic rings. The number of aromatic hydroxyl groups is 1.